The Morgan fingerprint density at radius 3 is 3.00 bits per heavy atom. The highest BCUT2D eigenvalue weighted by atomic mass is 35.5. The topological polar surface area (TPSA) is 39.2 Å². The summed E-state index contributed by atoms with van der Waals surface area (Å²) in [4.78, 5) is 15.1. The van der Waals surface area contributed by atoms with Crippen molar-refractivity contribution in [1.29, 1.82) is 0 Å². The van der Waals surface area contributed by atoms with Crippen LogP contribution in [0, 0.1) is 0 Å². The summed E-state index contributed by atoms with van der Waals surface area (Å²) in [5.74, 6) is -0.618. The first-order valence-corrected chi connectivity index (χ1v) is 5.07. The van der Waals surface area contributed by atoms with Crippen molar-refractivity contribution >= 4 is 17.6 Å². The molecular formula is C11H11ClFNO2. The SMILES string of the molecule is C=CC(F)c1cnc(C(=O)OCC)c(Cl)c1. The second-order valence-electron chi connectivity index (χ2n) is 2.96. The summed E-state index contributed by atoms with van der Waals surface area (Å²) in [6.07, 6.45) is 1.02. The Morgan fingerprint density at radius 2 is 2.50 bits per heavy atom. The van der Waals surface area contributed by atoms with Gasteiger partial charge in [0.05, 0.1) is 11.6 Å². The molecule has 0 aromatic carbocycles. The van der Waals surface area contributed by atoms with Crippen LogP contribution in [0.15, 0.2) is 24.9 Å². The van der Waals surface area contributed by atoms with E-state index in [4.69, 9.17) is 16.3 Å². The van der Waals surface area contributed by atoms with Gasteiger partial charge in [0.25, 0.3) is 0 Å². The molecule has 0 fully saturated rings. The van der Waals surface area contributed by atoms with Crippen LogP contribution in [0.3, 0.4) is 0 Å². The maximum absolute atomic E-state index is 13.2. The molecule has 1 unspecified atom stereocenters. The molecule has 0 amide bonds. The number of hydrogen-bond donors (Lipinski definition) is 0. The molecular weight excluding hydrogens is 233 g/mol. The van der Waals surface area contributed by atoms with Gasteiger partial charge < -0.3 is 4.74 Å². The number of halogens is 2. The number of allylic oxidation sites excluding steroid dienone is 1. The van der Waals surface area contributed by atoms with Gasteiger partial charge >= 0.3 is 5.97 Å². The summed E-state index contributed by atoms with van der Waals surface area (Å²) < 4.78 is 17.9. The molecule has 3 nitrogen and oxygen atoms in total. The lowest BCUT2D eigenvalue weighted by Crippen LogP contribution is -2.08. The van der Waals surface area contributed by atoms with Crippen molar-refractivity contribution in [2.24, 2.45) is 0 Å². The van der Waals surface area contributed by atoms with Crippen LogP contribution in [0.1, 0.15) is 29.1 Å². The third-order valence-electron chi connectivity index (χ3n) is 1.86. The zero-order valence-corrected chi connectivity index (χ0v) is 9.50. The molecule has 0 spiro atoms. The molecule has 1 rings (SSSR count). The summed E-state index contributed by atoms with van der Waals surface area (Å²) in [6.45, 7) is 5.23. The van der Waals surface area contributed by atoms with Crippen LogP contribution in [0.2, 0.25) is 5.02 Å². The van der Waals surface area contributed by atoms with E-state index in [2.05, 4.69) is 11.6 Å². The fraction of sp³-hybridized carbons (Fsp3) is 0.273. The van der Waals surface area contributed by atoms with Crippen molar-refractivity contribution in [3.8, 4) is 0 Å². The van der Waals surface area contributed by atoms with Crippen LogP contribution in [0.4, 0.5) is 4.39 Å². The Balaban J connectivity index is 2.99. The molecule has 16 heavy (non-hydrogen) atoms. The predicted octanol–water partition coefficient (Wildman–Crippen LogP) is 3.11. The Kier molecular flexibility index (Phi) is 4.43. The largest absolute Gasteiger partial charge is 0.461 e. The van der Waals surface area contributed by atoms with Gasteiger partial charge in [-0.05, 0) is 13.0 Å². The second-order valence-corrected chi connectivity index (χ2v) is 3.36. The van der Waals surface area contributed by atoms with E-state index < -0.39 is 12.1 Å². The van der Waals surface area contributed by atoms with Gasteiger partial charge in [-0.25, -0.2) is 14.2 Å². The smallest absolute Gasteiger partial charge is 0.358 e. The molecule has 1 aromatic rings. The van der Waals surface area contributed by atoms with Gasteiger partial charge in [-0.1, -0.05) is 24.3 Å². The minimum atomic E-state index is -1.35. The van der Waals surface area contributed by atoms with E-state index in [-0.39, 0.29) is 22.9 Å². The van der Waals surface area contributed by atoms with E-state index in [0.717, 1.165) is 6.08 Å². The van der Waals surface area contributed by atoms with Crippen LogP contribution in [0.25, 0.3) is 0 Å². The maximum atomic E-state index is 13.2. The van der Waals surface area contributed by atoms with Crippen molar-refractivity contribution in [2.45, 2.75) is 13.1 Å². The fourth-order valence-corrected chi connectivity index (χ4v) is 1.34. The lowest BCUT2D eigenvalue weighted by molar-refractivity contribution is 0.0519. The van der Waals surface area contributed by atoms with Gasteiger partial charge in [0.2, 0.25) is 0 Å². The lowest BCUT2D eigenvalue weighted by atomic mass is 10.1. The molecule has 0 radical (unpaired) electrons. The Hall–Kier alpha value is -1.42. The van der Waals surface area contributed by atoms with E-state index in [9.17, 15) is 9.18 Å². The average Bonchev–Trinajstić information content (AvgIpc) is 2.28. The molecule has 1 atom stereocenters. The molecule has 5 heteroatoms. The minimum absolute atomic E-state index is 0.0106. The molecule has 0 saturated heterocycles. The number of carbonyl (C=O) groups is 1. The molecule has 0 aliphatic carbocycles. The summed E-state index contributed by atoms with van der Waals surface area (Å²) in [5, 5.41) is 0.0699. The first-order valence-electron chi connectivity index (χ1n) is 4.69. The van der Waals surface area contributed by atoms with E-state index in [1.807, 2.05) is 0 Å². The van der Waals surface area contributed by atoms with Crippen LogP contribution in [-0.4, -0.2) is 17.6 Å². The normalized spacial score (nSPS) is 11.9. The number of pyridine rings is 1. The van der Waals surface area contributed by atoms with Crippen molar-refractivity contribution < 1.29 is 13.9 Å². The van der Waals surface area contributed by atoms with Crippen molar-refractivity contribution in [1.82, 2.24) is 4.98 Å². The number of nitrogens with zero attached hydrogens (tertiary/aromatic N) is 1. The van der Waals surface area contributed by atoms with Gasteiger partial charge in [0.1, 0.15) is 6.17 Å². The fourth-order valence-electron chi connectivity index (χ4n) is 1.09. The predicted molar refractivity (Wildman–Crippen MR) is 59.2 cm³/mol. The summed E-state index contributed by atoms with van der Waals surface area (Å²) in [5.41, 5.74) is 0.247. The van der Waals surface area contributed by atoms with E-state index in [0.29, 0.717) is 0 Å². The number of esters is 1. The molecule has 86 valence electrons. The summed E-state index contributed by atoms with van der Waals surface area (Å²) in [6, 6.07) is 1.34. The molecule has 0 aliphatic heterocycles. The number of ether oxygens (including phenoxy) is 1. The van der Waals surface area contributed by atoms with Gasteiger partial charge in [-0.2, -0.15) is 0 Å². The third-order valence-corrected chi connectivity index (χ3v) is 2.14. The maximum Gasteiger partial charge on any atom is 0.358 e. The zero-order valence-electron chi connectivity index (χ0n) is 8.74. The van der Waals surface area contributed by atoms with Gasteiger partial charge in [-0.3, -0.25) is 0 Å². The third kappa shape index (κ3) is 2.79. The van der Waals surface area contributed by atoms with E-state index >= 15 is 0 Å². The zero-order chi connectivity index (χ0) is 12.1. The van der Waals surface area contributed by atoms with E-state index in [1.165, 1.54) is 12.3 Å². The van der Waals surface area contributed by atoms with Crippen molar-refractivity contribution in [3.05, 3.63) is 41.2 Å². The molecule has 0 saturated carbocycles. The lowest BCUT2D eigenvalue weighted by Gasteiger charge is -2.06. The number of rotatable bonds is 4. The number of alkyl halides is 1. The highest BCUT2D eigenvalue weighted by molar-refractivity contribution is 6.33. The van der Waals surface area contributed by atoms with Gasteiger partial charge in [0, 0.05) is 11.8 Å². The highest BCUT2D eigenvalue weighted by Crippen LogP contribution is 2.23. The van der Waals surface area contributed by atoms with Crippen molar-refractivity contribution in [2.75, 3.05) is 6.61 Å². The quantitative estimate of drug-likeness (QED) is 0.603. The number of aromatic nitrogens is 1. The van der Waals surface area contributed by atoms with Crippen LogP contribution >= 0.6 is 11.6 Å². The molecule has 1 heterocycles. The van der Waals surface area contributed by atoms with Gasteiger partial charge in [-0.15, -0.1) is 0 Å². The van der Waals surface area contributed by atoms with E-state index in [1.54, 1.807) is 6.92 Å². The van der Waals surface area contributed by atoms with Crippen molar-refractivity contribution in [3.63, 3.8) is 0 Å². The summed E-state index contributed by atoms with van der Waals surface area (Å²) in [7, 11) is 0. The monoisotopic (exact) mass is 243 g/mol. The summed E-state index contributed by atoms with van der Waals surface area (Å²) >= 11 is 5.80. The average molecular weight is 244 g/mol. The standard InChI is InChI=1S/C11H11ClFNO2/c1-3-9(13)7-5-8(12)10(14-6-7)11(15)16-4-2/h3,5-6,9H,1,4H2,2H3. The molecule has 0 aliphatic rings. The first-order chi connectivity index (χ1) is 7.60. The molecule has 0 N–H and O–H groups in total. The van der Waals surface area contributed by atoms with Gasteiger partial charge in [0.15, 0.2) is 5.69 Å². The number of hydrogen-bond acceptors (Lipinski definition) is 3. The minimum Gasteiger partial charge on any atom is -0.461 e. The molecule has 0 bridgehead atoms. The van der Waals surface area contributed by atoms with Crippen LogP contribution in [-0.2, 0) is 4.74 Å². The number of carbonyl (C=O) groups excluding carboxylic acids is 1. The highest BCUT2D eigenvalue weighted by Gasteiger charge is 2.15. The van der Waals surface area contributed by atoms with Crippen LogP contribution in [0.5, 0.6) is 0 Å². The second kappa shape index (κ2) is 5.61. The molecule has 1 aromatic heterocycles. The Bertz CT molecular complexity index is 409. The van der Waals surface area contributed by atoms with Crippen LogP contribution < -0.4 is 0 Å². The Morgan fingerprint density at radius 1 is 1.81 bits per heavy atom. The first kappa shape index (κ1) is 12.6. The Labute approximate surface area is 97.9 Å².